The van der Waals surface area contributed by atoms with Crippen molar-refractivity contribution in [2.45, 2.75) is 0 Å². The molecule has 0 saturated heterocycles. The lowest BCUT2D eigenvalue weighted by molar-refractivity contribution is -0.146. The van der Waals surface area contributed by atoms with Gasteiger partial charge in [0.1, 0.15) is 0 Å². The number of aromatic amines is 2. The van der Waals surface area contributed by atoms with Gasteiger partial charge in [0.25, 0.3) is 5.56 Å². The number of hydrogen-bond acceptors (Lipinski definition) is 5. The van der Waals surface area contributed by atoms with Crippen molar-refractivity contribution < 1.29 is 14.3 Å². The van der Waals surface area contributed by atoms with Crippen molar-refractivity contribution in [3.8, 4) is 0 Å². The van der Waals surface area contributed by atoms with E-state index in [1.54, 1.807) is 0 Å². The zero-order chi connectivity index (χ0) is 11.0. The molecule has 1 aromatic heterocycles. The number of carbonyl (C=O) groups excluding carboxylic acids is 2. The largest absolute Gasteiger partial charge is 0.463 e. The van der Waals surface area contributed by atoms with Gasteiger partial charge in [-0.3, -0.25) is 14.6 Å². The molecule has 0 radical (unpaired) electrons. The summed E-state index contributed by atoms with van der Waals surface area (Å²) in [5.41, 5.74) is -0.855. The molecule has 0 spiro atoms. The van der Waals surface area contributed by atoms with E-state index in [1.807, 2.05) is 4.98 Å². The topological polar surface area (TPSA) is 109 Å². The van der Waals surface area contributed by atoms with Crippen LogP contribution in [0, 0.1) is 0 Å². The molecular weight excluding hydrogens is 192 g/mol. The molecule has 0 aliphatic heterocycles. The Hall–Kier alpha value is -2.18. The van der Waals surface area contributed by atoms with Crippen LogP contribution >= 0.6 is 0 Å². The first kappa shape index (κ1) is 11.8. The Bertz CT molecular complexity index is 380. The van der Waals surface area contributed by atoms with Gasteiger partial charge in [-0.2, -0.15) is 0 Å². The summed E-state index contributed by atoms with van der Waals surface area (Å²) < 4.78 is 3.89. The van der Waals surface area contributed by atoms with Gasteiger partial charge in [0.15, 0.2) is 0 Å². The molecular formula is C7H8N2O5. The minimum atomic E-state index is -0.838. The average Bonchev–Trinajstić information content (AvgIpc) is 2.17. The van der Waals surface area contributed by atoms with Crippen molar-refractivity contribution in [3.63, 3.8) is 0 Å². The van der Waals surface area contributed by atoms with Crippen LogP contribution in [0.25, 0.3) is 0 Å². The Labute approximate surface area is 77.7 Å². The number of aldehydes is 1. The molecule has 0 fully saturated rings. The van der Waals surface area contributed by atoms with Crippen molar-refractivity contribution in [1.29, 1.82) is 0 Å². The first-order valence-electron chi connectivity index (χ1n) is 3.41. The van der Waals surface area contributed by atoms with Gasteiger partial charge in [-0.05, 0) is 0 Å². The minimum Gasteiger partial charge on any atom is -0.463 e. The molecule has 0 aromatic carbocycles. The molecule has 0 aliphatic carbocycles. The third-order valence-electron chi connectivity index (χ3n) is 0.983. The maximum atomic E-state index is 10.2. The molecule has 2 N–H and O–H groups in total. The highest BCUT2D eigenvalue weighted by Crippen LogP contribution is 1.58. The minimum absolute atomic E-state index is 0.111. The van der Waals surface area contributed by atoms with Crippen LogP contribution in [0.4, 0.5) is 0 Å². The predicted molar refractivity (Wildman–Crippen MR) is 45.8 cm³/mol. The number of H-pyrrole nitrogens is 2. The van der Waals surface area contributed by atoms with Crippen molar-refractivity contribution in [2.75, 3.05) is 7.11 Å². The fraction of sp³-hybridized carbons (Fsp3) is 0.143. The van der Waals surface area contributed by atoms with Crippen molar-refractivity contribution in [3.05, 3.63) is 33.1 Å². The summed E-state index contributed by atoms with van der Waals surface area (Å²) >= 11 is 0. The van der Waals surface area contributed by atoms with E-state index in [2.05, 4.69) is 9.72 Å². The lowest BCUT2D eigenvalue weighted by Gasteiger charge is -1.79. The predicted octanol–water partition coefficient (Wildman–Crippen LogP) is -1.58. The molecule has 1 aromatic rings. The van der Waals surface area contributed by atoms with Crippen molar-refractivity contribution >= 4 is 12.3 Å². The van der Waals surface area contributed by atoms with Crippen LogP contribution in [-0.2, 0) is 14.3 Å². The second kappa shape index (κ2) is 6.35. The second-order valence-corrected chi connectivity index (χ2v) is 1.94. The lowest BCUT2D eigenvalue weighted by atomic mass is 10.7. The van der Waals surface area contributed by atoms with Crippen LogP contribution in [0.15, 0.2) is 21.9 Å². The van der Waals surface area contributed by atoms with E-state index in [9.17, 15) is 19.2 Å². The zero-order valence-corrected chi connectivity index (χ0v) is 7.27. The van der Waals surface area contributed by atoms with Gasteiger partial charge in [0.2, 0.25) is 6.29 Å². The van der Waals surface area contributed by atoms with Crippen LogP contribution in [0.2, 0.25) is 0 Å². The van der Waals surface area contributed by atoms with E-state index in [-0.39, 0.29) is 11.8 Å². The van der Waals surface area contributed by atoms with Crippen LogP contribution in [-0.4, -0.2) is 29.3 Å². The Morgan fingerprint density at radius 1 is 1.50 bits per heavy atom. The third-order valence-corrected chi connectivity index (χ3v) is 0.983. The van der Waals surface area contributed by atoms with Gasteiger partial charge in [-0.1, -0.05) is 0 Å². The molecule has 1 rings (SSSR count). The average molecular weight is 200 g/mol. The highest BCUT2D eigenvalue weighted by molar-refractivity contribution is 6.20. The first-order valence-corrected chi connectivity index (χ1v) is 3.41. The van der Waals surface area contributed by atoms with Gasteiger partial charge in [0, 0.05) is 12.3 Å². The lowest BCUT2D eigenvalue weighted by Crippen LogP contribution is -2.19. The molecule has 0 bridgehead atoms. The Morgan fingerprint density at radius 2 is 2.14 bits per heavy atom. The van der Waals surface area contributed by atoms with Crippen molar-refractivity contribution in [2.24, 2.45) is 0 Å². The van der Waals surface area contributed by atoms with E-state index in [1.165, 1.54) is 12.3 Å². The van der Waals surface area contributed by atoms with Crippen molar-refractivity contribution in [1.82, 2.24) is 9.97 Å². The standard InChI is InChI=1S/C4H4N2O2.C3H4O3/c7-3-1-2-5-4(8)6-3;1-6-3(5)2-4/h1-2H,(H2,5,6,7,8);2H,1H3. The summed E-state index contributed by atoms with van der Waals surface area (Å²) in [6, 6.07) is 1.24. The Balaban J connectivity index is 0.000000255. The Kier molecular flexibility index (Phi) is 5.36. The van der Waals surface area contributed by atoms with Gasteiger partial charge < -0.3 is 9.72 Å². The number of carbonyl (C=O) groups is 2. The highest BCUT2D eigenvalue weighted by Gasteiger charge is 1.88. The third kappa shape index (κ3) is 5.47. The zero-order valence-electron chi connectivity index (χ0n) is 7.27. The maximum Gasteiger partial charge on any atom is 0.371 e. The Morgan fingerprint density at radius 3 is 2.36 bits per heavy atom. The monoisotopic (exact) mass is 200 g/mol. The summed E-state index contributed by atoms with van der Waals surface area (Å²) in [5, 5.41) is 0. The highest BCUT2D eigenvalue weighted by atomic mass is 16.5. The first-order chi connectivity index (χ1) is 6.60. The number of nitrogens with one attached hydrogen (secondary N) is 2. The number of rotatable bonds is 1. The van der Waals surface area contributed by atoms with E-state index >= 15 is 0 Å². The smallest absolute Gasteiger partial charge is 0.371 e. The summed E-state index contributed by atoms with van der Waals surface area (Å²) in [4.78, 5) is 43.5. The summed E-state index contributed by atoms with van der Waals surface area (Å²) in [7, 11) is 1.15. The molecule has 0 aliphatic rings. The van der Waals surface area contributed by atoms with E-state index < -0.39 is 11.7 Å². The number of aromatic nitrogens is 2. The number of methoxy groups -OCH3 is 1. The molecule has 76 valence electrons. The molecule has 0 amide bonds. The number of ether oxygens (including phenoxy) is 1. The normalized spacial score (nSPS) is 8.07. The van der Waals surface area contributed by atoms with Crippen LogP contribution < -0.4 is 11.2 Å². The molecule has 0 atom stereocenters. The fourth-order valence-electron chi connectivity index (χ4n) is 0.431. The van der Waals surface area contributed by atoms with Crippen LogP contribution in [0.3, 0.4) is 0 Å². The molecule has 1 heterocycles. The van der Waals surface area contributed by atoms with Gasteiger partial charge in [-0.15, -0.1) is 0 Å². The number of esters is 1. The van der Waals surface area contributed by atoms with Gasteiger partial charge in [0.05, 0.1) is 7.11 Å². The van der Waals surface area contributed by atoms with Gasteiger partial charge >= 0.3 is 11.7 Å². The quantitative estimate of drug-likeness (QED) is 0.323. The van der Waals surface area contributed by atoms with E-state index in [4.69, 9.17) is 0 Å². The summed E-state index contributed by atoms with van der Waals surface area (Å²) in [6.07, 6.45) is 1.40. The summed E-state index contributed by atoms with van der Waals surface area (Å²) in [5.74, 6) is -0.838. The second-order valence-electron chi connectivity index (χ2n) is 1.94. The van der Waals surface area contributed by atoms with E-state index in [0.717, 1.165) is 7.11 Å². The summed E-state index contributed by atoms with van der Waals surface area (Å²) in [6.45, 7) is 0. The molecule has 14 heavy (non-hydrogen) atoms. The molecule has 7 nitrogen and oxygen atoms in total. The molecule has 7 heteroatoms. The van der Waals surface area contributed by atoms with Crippen LogP contribution in [0.1, 0.15) is 0 Å². The molecule has 0 unspecified atom stereocenters. The van der Waals surface area contributed by atoms with E-state index in [0.29, 0.717) is 0 Å². The van der Waals surface area contributed by atoms with Gasteiger partial charge in [-0.25, -0.2) is 9.59 Å². The maximum absolute atomic E-state index is 10.2. The fourth-order valence-corrected chi connectivity index (χ4v) is 0.431. The SMILES string of the molecule is COC(=O)C=O.O=c1cc[nH]c(=O)[nH]1. The molecule has 0 saturated carbocycles. The number of hydrogen-bond donors (Lipinski definition) is 2. The van der Waals surface area contributed by atoms with Crippen LogP contribution in [0.5, 0.6) is 0 Å².